The number of carbonyl (C=O) groups is 1. The van der Waals surface area contributed by atoms with Crippen LogP contribution in [0.2, 0.25) is 0 Å². The number of fused-ring (bicyclic) bond motifs is 1. The number of pyridine rings is 2. The lowest BCUT2D eigenvalue weighted by Crippen LogP contribution is -2.27. The van der Waals surface area contributed by atoms with Crippen LogP contribution < -0.4 is 0 Å². The molecule has 118 valence electrons. The fourth-order valence-corrected chi connectivity index (χ4v) is 2.28. The van der Waals surface area contributed by atoms with Crippen molar-refractivity contribution in [3.63, 3.8) is 0 Å². The minimum atomic E-state index is -1.86. The van der Waals surface area contributed by atoms with Crippen LogP contribution >= 0.6 is 0 Å². The van der Waals surface area contributed by atoms with Crippen molar-refractivity contribution in [3.05, 3.63) is 42.6 Å². The zero-order chi connectivity index (χ0) is 16.6. The van der Waals surface area contributed by atoms with Gasteiger partial charge in [-0.2, -0.15) is 0 Å². The first-order chi connectivity index (χ1) is 10.8. The molecule has 0 N–H and O–H groups in total. The van der Waals surface area contributed by atoms with Crippen LogP contribution in [0.5, 0.6) is 0 Å². The van der Waals surface area contributed by atoms with E-state index in [-0.39, 0.29) is 6.42 Å². The lowest BCUT2D eigenvalue weighted by Gasteiger charge is -2.12. The van der Waals surface area contributed by atoms with Crippen LogP contribution in [-0.2, 0) is 18.3 Å². The zero-order valence-electron chi connectivity index (χ0n) is 13.2. The third-order valence-electron chi connectivity index (χ3n) is 3.71. The molecule has 0 unspecified atom stereocenters. The van der Waals surface area contributed by atoms with Gasteiger partial charge in [0.1, 0.15) is 0 Å². The average Bonchev–Trinajstić information content (AvgIpc) is 2.91. The number of imidazole rings is 1. The molecule has 0 fully saturated rings. The summed E-state index contributed by atoms with van der Waals surface area (Å²) in [6, 6.07) is 5.55. The topological polar surface area (TPSA) is 60.7 Å². The molecule has 5 nitrogen and oxygen atoms in total. The van der Waals surface area contributed by atoms with Gasteiger partial charge < -0.3 is 4.57 Å². The highest BCUT2D eigenvalue weighted by Crippen LogP contribution is 2.21. The molecule has 3 aromatic heterocycles. The first-order valence-electron chi connectivity index (χ1n) is 7.29. The largest absolute Gasteiger partial charge is 0.332 e. The number of ketones is 1. The number of carbonyl (C=O) groups excluding carboxylic acids is 1. The van der Waals surface area contributed by atoms with Crippen LogP contribution in [0.25, 0.3) is 22.3 Å². The number of aryl methyl sites for hydroxylation is 1. The van der Waals surface area contributed by atoms with Crippen LogP contribution in [-0.4, -0.2) is 31.0 Å². The Morgan fingerprint density at radius 2 is 2.09 bits per heavy atom. The molecule has 0 aliphatic heterocycles. The van der Waals surface area contributed by atoms with E-state index >= 15 is 0 Å². The van der Waals surface area contributed by atoms with Gasteiger partial charge in [-0.05, 0) is 32.0 Å². The van der Waals surface area contributed by atoms with Crippen LogP contribution in [0, 0.1) is 0 Å². The van der Waals surface area contributed by atoms with E-state index in [1.54, 1.807) is 24.8 Å². The van der Waals surface area contributed by atoms with Gasteiger partial charge in [0, 0.05) is 18.6 Å². The second-order valence-electron chi connectivity index (χ2n) is 6.03. The van der Waals surface area contributed by atoms with Crippen molar-refractivity contribution in [1.82, 2.24) is 19.5 Å². The minimum absolute atomic E-state index is 0.0446. The first-order valence-corrected chi connectivity index (χ1v) is 7.29. The van der Waals surface area contributed by atoms with Gasteiger partial charge in [-0.3, -0.25) is 9.78 Å². The summed E-state index contributed by atoms with van der Waals surface area (Å²) in [5, 5.41) is 0.867. The molecular weight excluding hydrogens is 295 g/mol. The lowest BCUT2D eigenvalue weighted by atomic mass is 10.0. The van der Waals surface area contributed by atoms with Gasteiger partial charge in [-0.25, -0.2) is 14.4 Å². The van der Waals surface area contributed by atoms with E-state index in [2.05, 4.69) is 15.0 Å². The Balaban J connectivity index is 1.98. The van der Waals surface area contributed by atoms with Gasteiger partial charge in [0.25, 0.3) is 0 Å². The summed E-state index contributed by atoms with van der Waals surface area (Å²) in [5.74, 6) is -0.493. The van der Waals surface area contributed by atoms with Crippen molar-refractivity contribution >= 4 is 16.7 Å². The Morgan fingerprint density at radius 3 is 2.74 bits per heavy atom. The molecule has 0 aliphatic rings. The van der Waals surface area contributed by atoms with E-state index < -0.39 is 11.5 Å². The Kier molecular flexibility index (Phi) is 3.67. The number of rotatable bonds is 4. The molecule has 6 heteroatoms. The fraction of sp³-hybridized carbons (Fsp3) is 0.294. The molecular formula is C17H17FN4O. The maximum Gasteiger partial charge on any atom is 0.175 e. The van der Waals surface area contributed by atoms with E-state index in [4.69, 9.17) is 0 Å². The summed E-state index contributed by atoms with van der Waals surface area (Å²) >= 11 is 0. The molecule has 0 aliphatic carbocycles. The van der Waals surface area contributed by atoms with Crippen molar-refractivity contribution in [2.75, 3.05) is 0 Å². The molecule has 0 spiro atoms. The lowest BCUT2D eigenvalue weighted by molar-refractivity contribution is -0.127. The normalized spacial score (nSPS) is 11.8. The Bertz CT molecular complexity index is 880. The van der Waals surface area contributed by atoms with Crippen molar-refractivity contribution in [1.29, 1.82) is 0 Å². The standard InChI is InChI=1S/C17H17FN4O/c1-17(2,18)16(23)7-12-6-14-11(8-20-12)4-5-13(21-14)15-9-19-10-22(15)3/h4-6,8-10H,7H2,1-3H3. The van der Waals surface area contributed by atoms with E-state index in [1.165, 1.54) is 13.8 Å². The molecule has 3 heterocycles. The van der Waals surface area contributed by atoms with Crippen molar-refractivity contribution in [3.8, 4) is 11.4 Å². The third kappa shape index (κ3) is 3.11. The number of nitrogens with zero attached hydrogens (tertiary/aromatic N) is 4. The van der Waals surface area contributed by atoms with E-state index in [9.17, 15) is 9.18 Å². The third-order valence-corrected chi connectivity index (χ3v) is 3.71. The van der Waals surface area contributed by atoms with Crippen molar-refractivity contribution in [2.45, 2.75) is 25.9 Å². The molecule has 0 saturated carbocycles. The second-order valence-corrected chi connectivity index (χ2v) is 6.03. The molecule has 0 amide bonds. The molecule has 0 bridgehead atoms. The summed E-state index contributed by atoms with van der Waals surface area (Å²) in [7, 11) is 1.90. The monoisotopic (exact) mass is 312 g/mol. The zero-order valence-corrected chi connectivity index (χ0v) is 13.2. The molecule has 23 heavy (non-hydrogen) atoms. The number of Topliss-reactive ketones (excluding diaryl/α,β-unsaturated/α-hetero) is 1. The second kappa shape index (κ2) is 5.53. The molecule has 0 atom stereocenters. The highest BCUT2D eigenvalue weighted by atomic mass is 19.1. The molecule has 3 aromatic rings. The van der Waals surface area contributed by atoms with Gasteiger partial charge in [-0.15, -0.1) is 0 Å². The van der Waals surface area contributed by atoms with Crippen LogP contribution in [0.15, 0.2) is 36.9 Å². The average molecular weight is 312 g/mol. The number of halogens is 1. The minimum Gasteiger partial charge on any atom is -0.332 e. The number of alkyl halides is 1. The summed E-state index contributed by atoms with van der Waals surface area (Å²) in [5.41, 5.74) is 1.06. The number of hydrogen-bond donors (Lipinski definition) is 0. The first kappa shape index (κ1) is 15.3. The smallest absolute Gasteiger partial charge is 0.175 e. The van der Waals surface area contributed by atoms with E-state index in [0.717, 1.165) is 22.3 Å². The Hall–Kier alpha value is -2.63. The quantitative estimate of drug-likeness (QED) is 0.743. The molecule has 0 radical (unpaired) electrons. The maximum absolute atomic E-state index is 13.7. The molecule has 0 saturated heterocycles. The summed E-state index contributed by atoms with van der Waals surface area (Å²) in [4.78, 5) is 24.7. The van der Waals surface area contributed by atoms with Gasteiger partial charge in [-0.1, -0.05) is 0 Å². The highest BCUT2D eigenvalue weighted by Gasteiger charge is 2.26. The Labute approximate surface area is 133 Å². The van der Waals surface area contributed by atoms with E-state index in [1.807, 2.05) is 23.7 Å². The number of hydrogen-bond acceptors (Lipinski definition) is 4. The molecule has 0 aromatic carbocycles. The maximum atomic E-state index is 13.7. The van der Waals surface area contributed by atoms with Gasteiger partial charge in [0.2, 0.25) is 0 Å². The predicted octanol–water partition coefficient (Wildman–Crippen LogP) is 2.89. The van der Waals surface area contributed by atoms with E-state index in [0.29, 0.717) is 5.69 Å². The molecule has 3 rings (SSSR count). The van der Waals surface area contributed by atoms with Crippen LogP contribution in [0.4, 0.5) is 4.39 Å². The summed E-state index contributed by atoms with van der Waals surface area (Å²) in [6.07, 6.45) is 5.06. The van der Waals surface area contributed by atoms with Crippen molar-refractivity contribution in [2.24, 2.45) is 7.05 Å². The van der Waals surface area contributed by atoms with Crippen LogP contribution in [0.1, 0.15) is 19.5 Å². The highest BCUT2D eigenvalue weighted by molar-refractivity contribution is 5.89. The SMILES string of the molecule is Cn1cncc1-c1ccc2cnc(CC(=O)C(C)(C)F)cc2n1. The number of aromatic nitrogens is 4. The van der Waals surface area contributed by atoms with Crippen molar-refractivity contribution < 1.29 is 9.18 Å². The summed E-state index contributed by atoms with van der Waals surface area (Å²) < 4.78 is 15.6. The summed E-state index contributed by atoms with van der Waals surface area (Å²) in [6.45, 7) is 2.52. The van der Waals surface area contributed by atoms with Gasteiger partial charge in [0.15, 0.2) is 11.5 Å². The van der Waals surface area contributed by atoms with Gasteiger partial charge >= 0.3 is 0 Å². The Morgan fingerprint density at radius 1 is 1.30 bits per heavy atom. The predicted molar refractivity (Wildman–Crippen MR) is 85.6 cm³/mol. The van der Waals surface area contributed by atoms with Crippen LogP contribution in [0.3, 0.4) is 0 Å². The fourth-order valence-electron chi connectivity index (χ4n) is 2.28. The van der Waals surface area contributed by atoms with Gasteiger partial charge in [0.05, 0.1) is 41.5 Å².